The SMILES string of the molecule is CNC(c1ccccc1)C(C)N(C)CCc1ccccn1. The fraction of sp³-hybridized carbons (Fsp3) is 0.389. The smallest absolute Gasteiger partial charge is 0.0472 e. The van der Waals surface area contributed by atoms with Crippen molar-refractivity contribution in [1.29, 1.82) is 0 Å². The zero-order valence-electron chi connectivity index (χ0n) is 13.2. The first-order valence-electron chi connectivity index (χ1n) is 7.54. The Hall–Kier alpha value is -1.71. The second-order valence-corrected chi connectivity index (χ2v) is 5.47. The van der Waals surface area contributed by atoms with Gasteiger partial charge in [0.25, 0.3) is 0 Å². The summed E-state index contributed by atoms with van der Waals surface area (Å²) in [6, 6.07) is 17.5. The van der Waals surface area contributed by atoms with Crippen LogP contribution in [0.5, 0.6) is 0 Å². The zero-order chi connectivity index (χ0) is 15.1. The molecule has 0 fully saturated rings. The summed E-state index contributed by atoms with van der Waals surface area (Å²) in [5.74, 6) is 0. The maximum atomic E-state index is 4.39. The van der Waals surface area contributed by atoms with E-state index in [2.05, 4.69) is 65.6 Å². The number of hydrogen-bond acceptors (Lipinski definition) is 3. The molecule has 3 nitrogen and oxygen atoms in total. The van der Waals surface area contributed by atoms with Crippen molar-refractivity contribution in [3.05, 3.63) is 66.0 Å². The standard InChI is InChI=1S/C18H25N3/c1-15(18(19-2)16-9-5-4-6-10-16)21(3)14-12-17-11-7-8-13-20-17/h4-11,13,15,18-19H,12,14H2,1-3H3. The Bertz CT molecular complexity index is 513. The molecule has 1 aromatic heterocycles. The Morgan fingerprint density at radius 1 is 1.10 bits per heavy atom. The van der Waals surface area contributed by atoms with Crippen molar-refractivity contribution in [1.82, 2.24) is 15.2 Å². The van der Waals surface area contributed by atoms with Crippen LogP contribution in [0.25, 0.3) is 0 Å². The Labute approximate surface area is 128 Å². The van der Waals surface area contributed by atoms with E-state index in [4.69, 9.17) is 0 Å². The van der Waals surface area contributed by atoms with Gasteiger partial charge >= 0.3 is 0 Å². The van der Waals surface area contributed by atoms with Crippen molar-refractivity contribution in [2.24, 2.45) is 0 Å². The van der Waals surface area contributed by atoms with Crippen LogP contribution in [0, 0.1) is 0 Å². The molecule has 0 aliphatic heterocycles. The lowest BCUT2D eigenvalue weighted by Gasteiger charge is -2.32. The fourth-order valence-corrected chi connectivity index (χ4v) is 2.64. The third-order valence-corrected chi connectivity index (χ3v) is 4.09. The molecular formula is C18H25N3. The molecule has 0 radical (unpaired) electrons. The highest BCUT2D eigenvalue weighted by molar-refractivity contribution is 5.20. The summed E-state index contributed by atoms with van der Waals surface area (Å²) in [5, 5.41) is 3.44. The molecule has 0 aliphatic rings. The highest BCUT2D eigenvalue weighted by Crippen LogP contribution is 2.19. The Morgan fingerprint density at radius 3 is 2.43 bits per heavy atom. The summed E-state index contributed by atoms with van der Waals surface area (Å²) in [6.45, 7) is 3.27. The van der Waals surface area contributed by atoms with Crippen LogP contribution in [-0.4, -0.2) is 36.6 Å². The molecule has 0 bridgehead atoms. The molecule has 1 aromatic carbocycles. The number of pyridine rings is 1. The van der Waals surface area contributed by atoms with Gasteiger partial charge in [-0.25, -0.2) is 0 Å². The third-order valence-electron chi connectivity index (χ3n) is 4.09. The highest BCUT2D eigenvalue weighted by Gasteiger charge is 2.20. The first kappa shape index (κ1) is 15.7. The van der Waals surface area contributed by atoms with Crippen LogP contribution in [0.1, 0.15) is 24.2 Å². The summed E-state index contributed by atoms with van der Waals surface area (Å²) < 4.78 is 0. The summed E-state index contributed by atoms with van der Waals surface area (Å²) >= 11 is 0. The maximum absolute atomic E-state index is 4.39. The molecule has 2 unspecified atom stereocenters. The van der Waals surface area contributed by atoms with Gasteiger partial charge < -0.3 is 10.2 Å². The summed E-state index contributed by atoms with van der Waals surface area (Å²) in [6.07, 6.45) is 2.84. The average Bonchev–Trinajstić information content (AvgIpc) is 2.55. The van der Waals surface area contributed by atoms with Crippen LogP contribution in [-0.2, 0) is 6.42 Å². The fourth-order valence-electron chi connectivity index (χ4n) is 2.64. The van der Waals surface area contributed by atoms with Gasteiger partial charge in [-0.3, -0.25) is 4.98 Å². The van der Waals surface area contributed by atoms with E-state index in [1.807, 2.05) is 25.4 Å². The Morgan fingerprint density at radius 2 is 1.81 bits per heavy atom. The molecule has 0 aliphatic carbocycles. The Balaban J connectivity index is 1.96. The molecule has 0 amide bonds. The van der Waals surface area contributed by atoms with Crippen molar-refractivity contribution in [3.8, 4) is 0 Å². The Kier molecular flexibility index (Phi) is 5.90. The number of likely N-dealkylation sites (N-methyl/N-ethyl adjacent to an activating group) is 2. The van der Waals surface area contributed by atoms with E-state index in [9.17, 15) is 0 Å². The lowest BCUT2D eigenvalue weighted by atomic mass is 9.99. The van der Waals surface area contributed by atoms with Crippen molar-refractivity contribution in [2.75, 3.05) is 20.6 Å². The number of nitrogens with one attached hydrogen (secondary N) is 1. The number of hydrogen-bond donors (Lipinski definition) is 1. The summed E-state index contributed by atoms with van der Waals surface area (Å²) in [7, 11) is 4.21. The second kappa shape index (κ2) is 7.91. The van der Waals surface area contributed by atoms with Gasteiger partial charge in [0, 0.05) is 36.9 Å². The van der Waals surface area contributed by atoms with Crippen LogP contribution in [0.3, 0.4) is 0 Å². The van der Waals surface area contributed by atoms with Crippen LogP contribution >= 0.6 is 0 Å². The van der Waals surface area contributed by atoms with E-state index in [0.717, 1.165) is 18.7 Å². The van der Waals surface area contributed by atoms with Gasteiger partial charge in [0.2, 0.25) is 0 Å². The van der Waals surface area contributed by atoms with E-state index in [0.29, 0.717) is 12.1 Å². The van der Waals surface area contributed by atoms with Crippen LogP contribution < -0.4 is 5.32 Å². The molecule has 0 spiro atoms. The molecule has 1 N–H and O–H groups in total. The summed E-state index contributed by atoms with van der Waals surface area (Å²) in [5.41, 5.74) is 2.48. The van der Waals surface area contributed by atoms with Gasteiger partial charge in [-0.2, -0.15) is 0 Å². The van der Waals surface area contributed by atoms with Gasteiger partial charge in [-0.05, 0) is 38.7 Å². The lowest BCUT2D eigenvalue weighted by Crippen LogP contribution is -2.40. The van der Waals surface area contributed by atoms with E-state index >= 15 is 0 Å². The van der Waals surface area contributed by atoms with Crippen LogP contribution in [0.15, 0.2) is 54.7 Å². The molecule has 0 saturated carbocycles. The number of benzene rings is 1. The first-order chi connectivity index (χ1) is 10.2. The number of aromatic nitrogens is 1. The molecule has 2 aromatic rings. The predicted molar refractivity (Wildman–Crippen MR) is 88.3 cm³/mol. The summed E-state index contributed by atoms with van der Waals surface area (Å²) in [4.78, 5) is 6.78. The molecular weight excluding hydrogens is 258 g/mol. The van der Waals surface area contributed by atoms with Gasteiger partial charge in [0.15, 0.2) is 0 Å². The van der Waals surface area contributed by atoms with Crippen molar-refractivity contribution in [3.63, 3.8) is 0 Å². The van der Waals surface area contributed by atoms with Crippen molar-refractivity contribution < 1.29 is 0 Å². The minimum atomic E-state index is 0.333. The van der Waals surface area contributed by atoms with Crippen molar-refractivity contribution >= 4 is 0 Å². The molecule has 0 saturated heterocycles. The quantitative estimate of drug-likeness (QED) is 0.847. The van der Waals surface area contributed by atoms with Gasteiger partial charge in [0.05, 0.1) is 0 Å². The van der Waals surface area contributed by atoms with Crippen LogP contribution in [0.4, 0.5) is 0 Å². The van der Waals surface area contributed by atoms with E-state index in [1.54, 1.807) is 0 Å². The predicted octanol–water partition coefficient (Wildman–Crippen LogP) is 2.91. The first-order valence-corrected chi connectivity index (χ1v) is 7.54. The van der Waals surface area contributed by atoms with Gasteiger partial charge in [0.1, 0.15) is 0 Å². The highest BCUT2D eigenvalue weighted by atomic mass is 15.2. The molecule has 2 atom stereocenters. The maximum Gasteiger partial charge on any atom is 0.0472 e. The van der Waals surface area contributed by atoms with Gasteiger partial charge in [-0.15, -0.1) is 0 Å². The lowest BCUT2D eigenvalue weighted by molar-refractivity contribution is 0.213. The topological polar surface area (TPSA) is 28.2 Å². The number of rotatable bonds is 7. The zero-order valence-corrected chi connectivity index (χ0v) is 13.2. The third kappa shape index (κ3) is 4.38. The number of nitrogens with zero attached hydrogens (tertiary/aromatic N) is 2. The molecule has 3 heteroatoms. The van der Waals surface area contributed by atoms with Crippen LogP contribution in [0.2, 0.25) is 0 Å². The van der Waals surface area contributed by atoms with Gasteiger partial charge in [-0.1, -0.05) is 36.4 Å². The monoisotopic (exact) mass is 283 g/mol. The minimum absolute atomic E-state index is 0.333. The molecule has 2 rings (SSSR count). The van der Waals surface area contributed by atoms with E-state index in [1.165, 1.54) is 5.56 Å². The van der Waals surface area contributed by atoms with E-state index < -0.39 is 0 Å². The van der Waals surface area contributed by atoms with Crippen molar-refractivity contribution in [2.45, 2.75) is 25.4 Å². The largest absolute Gasteiger partial charge is 0.312 e. The molecule has 21 heavy (non-hydrogen) atoms. The minimum Gasteiger partial charge on any atom is -0.312 e. The average molecular weight is 283 g/mol. The normalized spacial score (nSPS) is 14.1. The second-order valence-electron chi connectivity index (χ2n) is 5.47. The van der Waals surface area contributed by atoms with E-state index in [-0.39, 0.29) is 0 Å². The molecule has 1 heterocycles. The molecule has 112 valence electrons.